The zero-order valence-electron chi connectivity index (χ0n) is 12.5. The van der Waals surface area contributed by atoms with Crippen molar-refractivity contribution in [3.63, 3.8) is 0 Å². The Bertz CT molecular complexity index is 182. The van der Waals surface area contributed by atoms with Gasteiger partial charge in [0.1, 0.15) is 0 Å². The average molecular weight is 281 g/mol. The largest absolute Gasteiger partial charge is 0.389 e. The van der Waals surface area contributed by atoms with Gasteiger partial charge in [-0.3, -0.25) is 0 Å². The molecular weight excluding hydrogens is 251 g/mol. The van der Waals surface area contributed by atoms with E-state index in [2.05, 4.69) is 19.2 Å². The molecule has 19 heavy (non-hydrogen) atoms. The molecule has 0 aromatic carbocycles. The van der Waals surface area contributed by atoms with Crippen LogP contribution in [0.1, 0.15) is 78.1 Å². The Labute approximate surface area is 116 Å². The van der Waals surface area contributed by atoms with E-state index < -0.39 is 12.6 Å². The van der Waals surface area contributed by atoms with Crippen molar-refractivity contribution in [3.8, 4) is 0 Å². The molecule has 0 aliphatic carbocycles. The molecule has 0 saturated carbocycles. The molecule has 0 amide bonds. The summed E-state index contributed by atoms with van der Waals surface area (Å²) in [6.07, 6.45) is 4.89. The zero-order chi connectivity index (χ0) is 14.6. The van der Waals surface area contributed by atoms with Crippen LogP contribution in [0.25, 0.3) is 0 Å². The lowest BCUT2D eigenvalue weighted by atomic mass is 10.0. The highest BCUT2D eigenvalue weighted by Gasteiger charge is 2.25. The van der Waals surface area contributed by atoms with E-state index in [-0.39, 0.29) is 6.42 Å². The zero-order valence-corrected chi connectivity index (χ0v) is 12.5. The summed E-state index contributed by atoms with van der Waals surface area (Å²) >= 11 is 0. The van der Waals surface area contributed by atoms with Crippen molar-refractivity contribution in [1.82, 2.24) is 5.32 Å². The molecule has 1 N–H and O–H groups in total. The van der Waals surface area contributed by atoms with Crippen LogP contribution in [-0.4, -0.2) is 18.8 Å². The predicted molar refractivity (Wildman–Crippen MR) is 75.4 cm³/mol. The van der Waals surface area contributed by atoms with Gasteiger partial charge in [-0.25, -0.2) is 0 Å². The van der Waals surface area contributed by atoms with Gasteiger partial charge in [0.05, 0.1) is 0 Å². The third-order valence-electron chi connectivity index (χ3n) is 3.38. The summed E-state index contributed by atoms with van der Waals surface area (Å²) in [7, 11) is 0. The first-order valence-electron chi connectivity index (χ1n) is 7.79. The molecule has 0 aliphatic rings. The molecule has 0 fully saturated rings. The van der Waals surface area contributed by atoms with Gasteiger partial charge < -0.3 is 5.32 Å². The molecule has 0 radical (unpaired) electrons. The van der Waals surface area contributed by atoms with Crippen LogP contribution in [0.3, 0.4) is 0 Å². The second kappa shape index (κ2) is 11.6. The molecule has 116 valence electrons. The molecule has 0 heterocycles. The molecule has 0 spiro atoms. The summed E-state index contributed by atoms with van der Waals surface area (Å²) in [5.41, 5.74) is 0. The summed E-state index contributed by atoms with van der Waals surface area (Å²) in [4.78, 5) is 0. The molecule has 0 aromatic heterocycles. The number of rotatable bonds is 12. The third kappa shape index (κ3) is 14.0. The molecule has 0 aliphatic heterocycles. The van der Waals surface area contributed by atoms with E-state index in [1.807, 2.05) is 0 Å². The first kappa shape index (κ1) is 18.8. The average Bonchev–Trinajstić information content (AvgIpc) is 2.33. The van der Waals surface area contributed by atoms with Crippen molar-refractivity contribution in [2.75, 3.05) is 6.54 Å². The molecular formula is C15H30F3N. The maximum absolute atomic E-state index is 12.0. The monoisotopic (exact) mass is 281 g/mol. The Morgan fingerprint density at radius 1 is 0.842 bits per heavy atom. The summed E-state index contributed by atoms with van der Waals surface area (Å²) in [6, 6.07) is 0.409. The maximum Gasteiger partial charge on any atom is 0.389 e. The predicted octanol–water partition coefficient (Wildman–Crippen LogP) is 5.45. The third-order valence-corrected chi connectivity index (χ3v) is 3.38. The molecule has 4 heteroatoms. The van der Waals surface area contributed by atoms with E-state index in [9.17, 15) is 13.2 Å². The number of unbranched alkanes of at least 4 members (excludes halogenated alkanes) is 4. The minimum Gasteiger partial charge on any atom is -0.314 e. The Hall–Kier alpha value is -0.250. The fraction of sp³-hybridized carbons (Fsp3) is 1.00. The highest BCUT2D eigenvalue weighted by Crippen LogP contribution is 2.21. The van der Waals surface area contributed by atoms with E-state index in [0.29, 0.717) is 12.6 Å². The first-order valence-corrected chi connectivity index (χ1v) is 7.79. The van der Waals surface area contributed by atoms with Gasteiger partial charge in [-0.15, -0.1) is 0 Å². The smallest absolute Gasteiger partial charge is 0.314 e. The fourth-order valence-electron chi connectivity index (χ4n) is 2.22. The second-order valence-corrected chi connectivity index (χ2v) is 5.36. The minimum atomic E-state index is -4.01. The van der Waals surface area contributed by atoms with E-state index >= 15 is 0 Å². The number of hydrogen-bond donors (Lipinski definition) is 1. The minimum absolute atomic E-state index is 0.196. The highest BCUT2D eigenvalue weighted by atomic mass is 19.4. The van der Waals surface area contributed by atoms with Crippen LogP contribution in [0, 0.1) is 0 Å². The van der Waals surface area contributed by atoms with Gasteiger partial charge in [0.2, 0.25) is 0 Å². The molecule has 0 rings (SSSR count). The number of halogens is 3. The van der Waals surface area contributed by atoms with Gasteiger partial charge in [0.15, 0.2) is 0 Å². The Morgan fingerprint density at radius 3 is 1.79 bits per heavy atom. The van der Waals surface area contributed by atoms with Gasteiger partial charge in [-0.2, -0.15) is 13.2 Å². The lowest BCUT2D eigenvalue weighted by Crippen LogP contribution is -2.30. The van der Waals surface area contributed by atoms with Gasteiger partial charge in [0.25, 0.3) is 0 Å². The van der Waals surface area contributed by atoms with Gasteiger partial charge in [0, 0.05) is 12.5 Å². The van der Waals surface area contributed by atoms with Crippen LogP contribution in [0.5, 0.6) is 0 Å². The van der Waals surface area contributed by atoms with E-state index in [1.54, 1.807) is 0 Å². The van der Waals surface area contributed by atoms with Gasteiger partial charge in [-0.1, -0.05) is 52.4 Å². The molecule has 1 nitrogen and oxygen atoms in total. The lowest BCUT2D eigenvalue weighted by molar-refractivity contribution is -0.135. The van der Waals surface area contributed by atoms with Gasteiger partial charge in [-0.05, 0) is 25.8 Å². The lowest BCUT2D eigenvalue weighted by Gasteiger charge is -2.19. The van der Waals surface area contributed by atoms with Crippen LogP contribution in [0.4, 0.5) is 13.2 Å². The molecule has 0 unspecified atom stereocenters. The summed E-state index contributed by atoms with van der Waals surface area (Å²) in [5.74, 6) is 0. The van der Waals surface area contributed by atoms with Crippen LogP contribution in [0.15, 0.2) is 0 Å². The Kier molecular flexibility index (Phi) is 11.4. The topological polar surface area (TPSA) is 12.0 Å². The van der Waals surface area contributed by atoms with Crippen LogP contribution < -0.4 is 5.32 Å². The molecule has 0 aromatic rings. The normalized spacial score (nSPS) is 12.3. The Morgan fingerprint density at radius 2 is 1.37 bits per heavy atom. The van der Waals surface area contributed by atoms with Crippen molar-refractivity contribution < 1.29 is 13.2 Å². The van der Waals surface area contributed by atoms with Crippen molar-refractivity contribution >= 4 is 0 Å². The van der Waals surface area contributed by atoms with E-state index in [4.69, 9.17) is 0 Å². The summed E-state index contributed by atoms with van der Waals surface area (Å²) in [5, 5.41) is 3.31. The van der Waals surface area contributed by atoms with Crippen molar-refractivity contribution in [2.24, 2.45) is 0 Å². The summed E-state index contributed by atoms with van der Waals surface area (Å²) in [6.45, 7) is 4.83. The second-order valence-electron chi connectivity index (χ2n) is 5.36. The van der Waals surface area contributed by atoms with Crippen molar-refractivity contribution in [1.29, 1.82) is 0 Å². The van der Waals surface area contributed by atoms with Crippen molar-refractivity contribution in [3.05, 3.63) is 0 Å². The van der Waals surface area contributed by atoms with Gasteiger partial charge >= 0.3 is 6.18 Å². The molecule has 0 atom stereocenters. The standard InChI is InChI=1S/C15H30F3N/c1-3-5-7-10-14(11-8-6-4-2)19-13-9-12-15(16,17)18/h14,19H,3-13H2,1-2H3. The number of hydrogen-bond acceptors (Lipinski definition) is 1. The number of alkyl halides is 3. The van der Waals surface area contributed by atoms with Crippen molar-refractivity contribution in [2.45, 2.75) is 90.3 Å². The maximum atomic E-state index is 12.0. The van der Waals surface area contributed by atoms with Crippen LogP contribution in [-0.2, 0) is 0 Å². The first-order chi connectivity index (χ1) is 8.99. The fourth-order valence-corrected chi connectivity index (χ4v) is 2.22. The summed E-state index contributed by atoms with van der Waals surface area (Å²) < 4.78 is 36.1. The SMILES string of the molecule is CCCCCC(CCCCC)NCCCC(F)(F)F. The van der Waals surface area contributed by atoms with Crippen LogP contribution in [0.2, 0.25) is 0 Å². The molecule has 0 bridgehead atoms. The quantitative estimate of drug-likeness (QED) is 0.469. The van der Waals surface area contributed by atoms with E-state index in [0.717, 1.165) is 12.8 Å². The van der Waals surface area contributed by atoms with E-state index in [1.165, 1.54) is 38.5 Å². The number of nitrogens with one attached hydrogen (secondary N) is 1. The Balaban J connectivity index is 3.76. The van der Waals surface area contributed by atoms with Crippen LogP contribution >= 0.6 is 0 Å². The molecule has 0 saturated heterocycles. The highest BCUT2D eigenvalue weighted by molar-refractivity contribution is 4.68.